The molecule has 1 heterocycles. The van der Waals surface area contributed by atoms with Gasteiger partial charge < -0.3 is 9.47 Å². The van der Waals surface area contributed by atoms with Crippen molar-refractivity contribution < 1.29 is 24.0 Å². The van der Waals surface area contributed by atoms with Crippen LogP contribution in [-0.4, -0.2) is 33.8 Å². The van der Waals surface area contributed by atoms with Gasteiger partial charge in [-0.05, 0) is 6.07 Å². The van der Waals surface area contributed by atoms with Crippen LogP contribution >= 0.6 is 0 Å². The number of hydrogen-bond donors (Lipinski definition) is 0. The van der Waals surface area contributed by atoms with E-state index in [9.17, 15) is 19.7 Å². The van der Waals surface area contributed by atoms with Crippen molar-refractivity contribution in [3.63, 3.8) is 0 Å². The van der Waals surface area contributed by atoms with E-state index >= 15 is 0 Å². The van der Waals surface area contributed by atoms with Crippen LogP contribution in [0.25, 0.3) is 0 Å². The average Bonchev–Trinajstić information content (AvgIpc) is 2.87. The molecule has 22 heavy (non-hydrogen) atoms. The van der Waals surface area contributed by atoms with Gasteiger partial charge in [0, 0.05) is 25.2 Å². The maximum Gasteiger partial charge on any atom is 0.358 e. The van der Waals surface area contributed by atoms with E-state index in [1.165, 1.54) is 43.1 Å². The molecule has 114 valence electrons. The zero-order chi connectivity index (χ0) is 16.3. The summed E-state index contributed by atoms with van der Waals surface area (Å²) in [6.45, 7) is 0. The molecule has 0 radical (unpaired) electrons. The average molecular weight is 305 g/mol. The highest BCUT2D eigenvalue weighted by atomic mass is 16.6. The highest BCUT2D eigenvalue weighted by molar-refractivity contribution is 5.92. The Morgan fingerprint density at radius 2 is 2.00 bits per heavy atom. The predicted molar refractivity (Wildman–Crippen MR) is 72.6 cm³/mol. The van der Waals surface area contributed by atoms with Crippen molar-refractivity contribution in [3.05, 3.63) is 51.7 Å². The topological polar surface area (TPSA) is 114 Å². The SMILES string of the molecule is COC(=O)c1cc(OC(=O)c2cccc([N+](=O)[O-])c2)n(C)n1. The molecule has 2 aromatic rings. The van der Waals surface area contributed by atoms with Gasteiger partial charge in [0.05, 0.1) is 17.6 Å². The minimum atomic E-state index is -0.803. The van der Waals surface area contributed by atoms with E-state index in [0.29, 0.717) is 0 Å². The highest BCUT2D eigenvalue weighted by Crippen LogP contribution is 2.17. The second-order valence-electron chi connectivity index (χ2n) is 4.18. The lowest BCUT2D eigenvalue weighted by atomic mass is 10.2. The lowest BCUT2D eigenvalue weighted by Gasteiger charge is -2.03. The number of nitro groups is 1. The Bertz CT molecular complexity index is 752. The molecule has 1 aromatic carbocycles. The maximum atomic E-state index is 12.0. The fourth-order valence-corrected chi connectivity index (χ4v) is 1.65. The number of carbonyl (C=O) groups is 2. The van der Waals surface area contributed by atoms with E-state index in [4.69, 9.17) is 4.74 Å². The van der Waals surface area contributed by atoms with Crippen molar-refractivity contribution in [2.75, 3.05) is 7.11 Å². The van der Waals surface area contributed by atoms with E-state index in [1.807, 2.05) is 0 Å². The second kappa shape index (κ2) is 6.04. The normalized spacial score (nSPS) is 10.1. The van der Waals surface area contributed by atoms with Crippen LogP contribution in [0.1, 0.15) is 20.8 Å². The lowest BCUT2D eigenvalue weighted by molar-refractivity contribution is -0.384. The Morgan fingerprint density at radius 3 is 2.64 bits per heavy atom. The number of benzene rings is 1. The summed E-state index contributed by atoms with van der Waals surface area (Å²) in [6, 6.07) is 6.35. The Morgan fingerprint density at radius 1 is 1.27 bits per heavy atom. The van der Waals surface area contributed by atoms with Gasteiger partial charge in [0.15, 0.2) is 5.69 Å². The molecule has 0 amide bonds. The van der Waals surface area contributed by atoms with Crippen LogP contribution in [0.15, 0.2) is 30.3 Å². The molecule has 2 rings (SSSR count). The number of non-ortho nitro benzene ring substituents is 1. The Hall–Kier alpha value is -3.23. The maximum absolute atomic E-state index is 12.0. The first-order chi connectivity index (χ1) is 10.4. The van der Waals surface area contributed by atoms with Gasteiger partial charge in [-0.2, -0.15) is 5.10 Å². The number of nitro benzene ring substituents is 1. The standard InChI is InChI=1S/C13H11N3O6/c1-15-11(7-10(14-15)13(18)21-2)22-12(17)8-4-3-5-9(6-8)16(19)20/h3-7H,1-2H3. The molecule has 0 bridgehead atoms. The monoisotopic (exact) mass is 305 g/mol. The summed E-state index contributed by atoms with van der Waals surface area (Å²) in [5, 5.41) is 14.5. The zero-order valence-corrected chi connectivity index (χ0v) is 11.7. The summed E-state index contributed by atoms with van der Waals surface area (Å²) in [5.74, 6) is -1.46. The minimum absolute atomic E-state index is 0.00928. The predicted octanol–water partition coefficient (Wildman–Crippen LogP) is 1.33. The van der Waals surface area contributed by atoms with E-state index in [0.717, 1.165) is 6.07 Å². The molecule has 1 aromatic heterocycles. The van der Waals surface area contributed by atoms with Crippen LogP contribution in [0.3, 0.4) is 0 Å². The molecule has 0 aliphatic rings. The van der Waals surface area contributed by atoms with Crippen molar-refractivity contribution in [2.45, 2.75) is 0 Å². The van der Waals surface area contributed by atoms with Crippen LogP contribution in [0.5, 0.6) is 5.88 Å². The van der Waals surface area contributed by atoms with Crippen molar-refractivity contribution >= 4 is 17.6 Å². The number of aryl methyl sites for hydroxylation is 1. The quantitative estimate of drug-likeness (QED) is 0.475. The molecule has 0 saturated carbocycles. The summed E-state index contributed by atoms with van der Waals surface area (Å²) < 4.78 is 10.8. The molecule has 0 atom stereocenters. The second-order valence-corrected chi connectivity index (χ2v) is 4.18. The van der Waals surface area contributed by atoms with Crippen LogP contribution in [0.4, 0.5) is 5.69 Å². The largest absolute Gasteiger partial charge is 0.464 e. The molecule has 0 unspecified atom stereocenters. The van der Waals surface area contributed by atoms with Gasteiger partial charge in [0.2, 0.25) is 5.88 Å². The van der Waals surface area contributed by atoms with Crippen molar-refractivity contribution in [2.24, 2.45) is 7.05 Å². The van der Waals surface area contributed by atoms with Gasteiger partial charge >= 0.3 is 11.9 Å². The number of aromatic nitrogens is 2. The lowest BCUT2D eigenvalue weighted by Crippen LogP contribution is -2.11. The number of carbonyl (C=O) groups excluding carboxylic acids is 2. The molecular weight excluding hydrogens is 294 g/mol. The van der Waals surface area contributed by atoms with Crippen LogP contribution < -0.4 is 4.74 Å². The van der Waals surface area contributed by atoms with Crippen LogP contribution in [0.2, 0.25) is 0 Å². The Balaban J connectivity index is 2.22. The van der Waals surface area contributed by atoms with Gasteiger partial charge in [-0.1, -0.05) is 6.07 Å². The minimum Gasteiger partial charge on any atom is -0.464 e. The van der Waals surface area contributed by atoms with Crippen LogP contribution in [0, 0.1) is 10.1 Å². The molecule has 0 saturated heterocycles. The smallest absolute Gasteiger partial charge is 0.358 e. The number of methoxy groups -OCH3 is 1. The van der Waals surface area contributed by atoms with E-state index in [-0.39, 0.29) is 22.8 Å². The highest BCUT2D eigenvalue weighted by Gasteiger charge is 2.18. The fourth-order valence-electron chi connectivity index (χ4n) is 1.65. The van der Waals surface area contributed by atoms with E-state index < -0.39 is 16.9 Å². The Kier molecular flexibility index (Phi) is 4.16. The van der Waals surface area contributed by atoms with E-state index in [2.05, 4.69) is 9.84 Å². The third kappa shape index (κ3) is 3.08. The first kappa shape index (κ1) is 15.2. The molecule has 0 aliphatic heterocycles. The number of nitrogens with zero attached hydrogens (tertiary/aromatic N) is 3. The third-order valence-electron chi connectivity index (χ3n) is 2.72. The summed E-state index contributed by atoms with van der Waals surface area (Å²) in [5.41, 5.74) is -0.239. The molecular formula is C13H11N3O6. The molecule has 9 nitrogen and oxygen atoms in total. The van der Waals surface area contributed by atoms with Crippen molar-refractivity contribution in [1.82, 2.24) is 9.78 Å². The van der Waals surface area contributed by atoms with Crippen molar-refractivity contribution in [1.29, 1.82) is 0 Å². The molecule has 0 N–H and O–H groups in total. The van der Waals surface area contributed by atoms with Gasteiger partial charge in [0.25, 0.3) is 5.69 Å². The number of rotatable bonds is 4. The molecule has 9 heteroatoms. The fraction of sp³-hybridized carbons (Fsp3) is 0.154. The van der Waals surface area contributed by atoms with Gasteiger partial charge in [-0.3, -0.25) is 10.1 Å². The Labute approximate surface area is 124 Å². The summed E-state index contributed by atoms with van der Waals surface area (Å²) in [4.78, 5) is 33.4. The van der Waals surface area contributed by atoms with Crippen LogP contribution in [-0.2, 0) is 11.8 Å². The van der Waals surface area contributed by atoms with Gasteiger partial charge in [-0.15, -0.1) is 0 Å². The molecule has 0 aliphatic carbocycles. The first-order valence-corrected chi connectivity index (χ1v) is 6.01. The number of ether oxygens (including phenoxy) is 2. The summed E-state index contributed by atoms with van der Waals surface area (Å²) in [7, 11) is 2.67. The van der Waals surface area contributed by atoms with E-state index in [1.54, 1.807) is 0 Å². The summed E-state index contributed by atoms with van der Waals surface area (Å²) >= 11 is 0. The number of esters is 2. The van der Waals surface area contributed by atoms with Crippen molar-refractivity contribution in [3.8, 4) is 5.88 Å². The number of hydrogen-bond acceptors (Lipinski definition) is 7. The van der Waals surface area contributed by atoms with Gasteiger partial charge in [0.1, 0.15) is 0 Å². The molecule has 0 spiro atoms. The zero-order valence-electron chi connectivity index (χ0n) is 11.7. The molecule has 0 fully saturated rings. The first-order valence-electron chi connectivity index (χ1n) is 6.01. The van der Waals surface area contributed by atoms with Gasteiger partial charge in [-0.25, -0.2) is 14.3 Å². The summed E-state index contributed by atoms with van der Waals surface area (Å²) in [6.07, 6.45) is 0. The third-order valence-corrected chi connectivity index (χ3v) is 2.72.